The van der Waals surface area contributed by atoms with Crippen LogP contribution >= 0.6 is 25.8 Å². The number of fused-ring (bicyclic) bond motifs is 4. The largest absolute Gasteiger partial charge is 0.508 e. The summed E-state index contributed by atoms with van der Waals surface area (Å²) in [5, 5.41) is 14.2. The molecule has 53 heavy (non-hydrogen) atoms. The summed E-state index contributed by atoms with van der Waals surface area (Å²) in [5.74, 6) is -0.509. The van der Waals surface area contributed by atoms with E-state index in [9.17, 15) is 28.9 Å². The highest BCUT2D eigenvalue weighted by Crippen LogP contribution is 2.58. The number of aromatic amines is 2. The summed E-state index contributed by atoms with van der Waals surface area (Å²) >= 11 is 9.43. The highest BCUT2D eigenvalue weighted by atomic mass is 32.7. The van der Waals surface area contributed by atoms with E-state index >= 15 is 0 Å². The molecule has 2 unspecified atom stereocenters. The number of anilines is 2. The van der Waals surface area contributed by atoms with Crippen molar-refractivity contribution in [3.8, 4) is 0 Å². The topological polar surface area (TPSA) is 340 Å². The normalized spacial score (nSPS) is 33.6. The third kappa shape index (κ3) is 7.57. The molecule has 3 aliphatic rings. The van der Waals surface area contributed by atoms with Gasteiger partial charge in [-0.3, -0.25) is 42.3 Å². The zero-order valence-electron chi connectivity index (χ0n) is 27.0. The zero-order chi connectivity index (χ0) is 37.8. The minimum atomic E-state index is -4.46. The fourth-order valence-electron chi connectivity index (χ4n) is 5.88. The molecule has 0 bridgehead atoms. The van der Waals surface area contributed by atoms with Crippen molar-refractivity contribution >= 4 is 78.0 Å². The Hall–Kier alpha value is -3.56. The van der Waals surface area contributed by atoms with Gasteiger partial charge in [0.1, 0.15) is 37.1 Å². The molecular weight excluding hydrogens is 792 g/mol. The van der Waals surface area contributed by atoms with Gasteiger partial charge in [0.2, 0.25) is 11.9 Å². The number of hydrogen-bond acceptors (Lipinski definition) is 21. The highest BCUT2D eigenvalue weighted by Gasteiger charge is 2.54. The summed E-state index contributed by atoms with van der Waals surface area (Å²) in [4.78, 5) is 70.0. The van der Waals surface area contributed by atoms with Gasteiger partial charge in [-0.05, 0) is 18.9 Å². The van der Waals surface area contributed by atoms with Crippen molar-refractivity contribution < 1.29 is 56.4 Å². The lowest BCUT2D eigenvalue weighted by Crippen LogP contribution is -2.40. The molecule has 0 aliphatic carbocycles. The molecule has 7 rings (SSSR count). The molecular formula is C24H31N11O14P2S2. The number of rotatable bonds is 6. The van der Waals surface area contributed by atoms with Gasteiger partial charge in [-0.2, -0.15) is 9.97 Å². The second kappa shape index (κ2) is 14.6. The number of aromatic nitrogens is 8. The fourth-order valence-corrected chi connectivity index (χ4v) is 8.81. The van der Waals surface area contributed by atoms with Crippen LogP contribution in [0, 0.1) is 0 Å². The second-order valence-corrected chi connectivity index (χ2v) is 17.3. The van der Waals surface area contributed by atoms with Crippen LogP contribution < -0.4 is 27.9 Å². The molecule has 4 aromatic heterocycles. The van der Waals surface area contributed by atoms with Crippen LogP contribution in [-0.4, -0.2) is 125 Å². The summed E-state index contributed by atoms with van der Waals surface area (Å²) < 4.78 is 61.8. The molecule has 3 fully saturated rings. The van der Waals surface area contributed by atoms with Crippen LogP contribution in [0.1, 0.15) is 12.5 Å². The van der Waals surface area contributed by atoms with Crippen LogP contribution in [0.2, 0.25) is 0 Å². The Morgan fingerprint density at radius 2 is 1.58 bits per heavy atom. The number of aliphatic hydroxyl groups excluding tert-OH is 1. The van der Waals surface area contributed by atoms with Crippen molar-refractivity contribution in [1.29, 1.82) is 0 Å². The van der Waals surface area contributed by atoms with Gasteiger partial charge >= 0.3 is 19.7 Å². The Morgan fingerprint density at radius 1 is 1.02 bits per heavy atom. The van der Waals surface area contributed by atoms with Gasteiger partial charge in [0.15, 0.2) is 40.9 Å². The number of thiol groups is 1. The van der Waals surface area contributed by atoms with Crippen molar-refractivity contribution in [1.82, 2.24) is 44.4 Å². The number of imidazole rings is 2. The number of aliphatic hydroxyl groups is 1. The average molecular weight is 824 g/mol. The fraction of sp³-hybridized carbons (Fsp3) is 0.542. The third-order valence-electron chi connectivity index (χ3n) is 8.16. The monoisotopic (exact) mass is 823 g/mol. The number of hydrogen-bond donors (Lipinski definition) is 8. The Labute approximate surface area is 305 Å². The van der Waals surface area contributed by atoms with Crippen LogP contribution in [-0.2, 0) is 53.4 Å². The van der Waals surface area contributed by atoms with E-state index in [0.717, 1.165) is 12.7 Å². The molecule has 29 heteroatoms. The average Bonchev–Trinajstić information content (AvgIpc) is 3.84. The lowest BCUT2D eigenvalue weighted by atomic mass is 10.1. The molecule has 7 heterocycles. The maximum Gasteiger partial charge on any atom is 0.508 e. The Bertz CT molecular complexity index is 2250. The molecule has 9 N–H and O–H groups in total. The standard InChI is InChI=1S/C24H31N11O14P2S2/c1-27-2-3-42-24(39)47-15-14-9(46-21(15)35-7-29-11-17(35)31-23(26)33-19(11)38)5-44-50(40,52)48-13-8(4-43-51(41,53)49-14)45-20(12(13)36)34-6-28-10-16(34)30-22(25)32-18(10)37/h6-9,12-15,20-21,27,36H,2-5H2,1H3,(H,40,52)(H,41,53)(H3,25,30,32,37)(H3,26,31,33,38)/t8-,9-,12-,13-,14-,15-,20-,21-,50?,51?/m1/s1. The van der Waals surface area contributed by atoms with Crippen molar-refractivity contribution in [2.75, 3.05) is 44.9 Å². The van der Waals surface area contributed by atoms with Crippen LogP contribution in [0.4, 0.5) is 16.7 Å². The SMILES string of the molecule is CNCCOC(=O)O[C@@H]1[C@@H]2OP(O)(=S)OC[C@H]3O[C@@H](n4cnc5c(=O)[nH]c(N)nc54)[C@H](O)[C@@H]3OP(=O)(S)OC[C@H]2O[C@H]1n1cnc2c(=O)[nH]c(N)nc21. The predicted molar refractivity (Wildman–Crippen MR) is 184 cm³/mol. The summed E-state index contributed by atoms with van der Waals surface area (Å²) in [7, 11) is 1.64. The van der Waals surface area contributed by atoms with Crippen LogP contribution in [0.3, 0.4) is 0 Å². The molecule has 0 spiro atoms. The molecule has 288 valence electrons. The first-order valence-corrected chi connectivity index (χ1v) is 20.7. The number of carbonyl (C=O) groups excluding carboxylic acids is 1. The molecule has 4 aromatic rings. The number of nitrogen functional groups attached to an aromatic ring is 2. The van der Waals surface area contributed by atoms with Crippen molar-refractivity contribution in [3.05, 3.63) is 33.4 Å². The smallest absolute Gasteiger partial charge is 0.433 e. The molecule has 25 nitrogen and oxygen atoms in total. The Morgan fingerprint density at radius 3 is 2.21 bits per heavy atom. The highest BCUT2D eigenvalue weighted by molar-refractivity contribution is 8.44. The number of nitrogens with one attached hydrogen (secondary N) is 3. The first kappa shape index (κ1) is 37.7. The summed E-state index contributed by atoms with van der Waals surface area (Å²) in [6.45, 7) is -9.97. The lowest BCUT2D eigenvalue weighted by molar-refractivity contribution is -0.0621. The van der Waals surface area contributed by atoms with E-state index in [1.165, 1.54) is 9.13 Å². The number of carbonyl (C=O) groups is 1. The van der Waals surface area contributed by atoms with E-state index in [4.69, 9.17) is 60.3 Å². The molecule has 0 radical (unpaired) electrons. The van der Waals surface area contributed by atoms with Crippen molar-refractivity contribution in [2.45, 2.75) is 49.1 Å². The van der Waals surface area contributed by atoms with Crippen molar-refractivity contribution in [3.63, 3.8) is 0 Å². The quantitative estimate of drug-likeness (QED) is 0.0469. The van der Waals surface area contributed by atoms with E-state index in [2.05, 4.69) is 47.5 Å². The van der Waals surface area contributed by atoms with Gasteiger partial charge < -0.3 is 50.3 Å². The first-order chi connectivity index (χ1) is 25.1. The first-order valence-electron chi connectivity index (χ1n) is 15.4. The number of likely N-dealkylation sites (N-methyl/N-ethyl adjacent to an activating group) is 1. The molecule has 0 aromatic carbocycles. The molecule has 0 saturated carbocycles. The summed E-state index contributed by atoms with van der Waals surface area (Å²) in [6, 6.07) is 0. The summed E-state index contributed by atoms with van der Waals surface area (Å²) in [6.07, 6.45) is -10.6. The lowest BCUT2D eigenvalue weighted by Gasteiger charge is -2.30. The maximum absolute atomic E-state index is 13.7. The number of nitrogens with two attached hydrogens (primary N) is 2. The predicted octanol–water partition coefficient (Wildman–Crippen LogP) is -1.61. The molecule has 3 saturated heterocycles. The van der Waals surface area contributed by atoms with Crippen LogP contribution in [0.5, 0.6) is 0 Å². The van der Waals surface area contributed by atoms with E-state index in [1.54, 1.807) is 7.05 Å². The van der Waals surface area contributed by atoms with Gasteiger partial charge in [-0.25, -0.2) is 19.3 Å². The Balaban J connectivity index is 1.21. The maximum atomic E-state index is 13.7. The summed E-state index contributed by atoms with van der Waals surface area (Å²) in [5.41, 5.74) is 9.72. The number of ether oxygens (including phenoxy) is 4. The minimum absolute atomic E-state index is 0.0577. The number of H-pyrrole nitrogens is 2. The van der Waals surface area contributed by atoms with E-state index in [0.29, 0.717) is 0 Å². The van der Waals surface area contributed by atoms with Crippen LogP contribution in [0.25, 0.3) is 22.3 Å². The van der Waals surface area contributed by atoms with Gasteiger partial charge in [0.25, 0.3) is 11.1 Å². The Kier molecular flexibility index (Phi) is 10.4. The van der Waals surface area contributed by atoms with E-state index < -0.39 is 93.1 Å². The van der Waals surface area contributed by atoms with Crippen molar-refractivity contribution in [2.24, 2.45) is 0 Å². The van der Waals surface area contributed by atoms with E-state index in [-0.39, 0.29) is 47.4 Å². The van der Waals surface area contributed by atoms with Gasteiger partial charge in [0.05, 0.1) is 25.9 Å². The van der Waals surface area contributed by atoms with E-state index in [1.807, 2.05) is 0 Å². The van der Waals surface area contributed by atoms with Crippen LogP contribution in [0.15, 0.2) is 22.2 Å². The minimum Gasteiger partial charge on any atom is -0.433 e. The molecule has 0 amide bonds. The third-order valence-corrected chi connectivity index (χ3v) is 11.3. The van der Waals surface area contributed by atoms with Gasteiger partial charge in [0, 0.05) is 6.54 Å². The second-order valence-electron chi connectivity index (χ2n) is 11.6. The van der Waals surface area contributed by atoms with Gasteiger partial charge in [-0.15, -0.1) is 0 Å². The molecule has 10 atom stereocenters. The number of nitrogens with zero attached hydrogens (tertiary/aromatic N) is 6. The molecule has 3 aliphatic heterocycles. The zero-order valence-corrected chi connectivity index (χ0v) is 30.5. The van der Waals surface area contributed by atoms with Gasteiger partial charge in [-0.1, -0.05) is 12.2 Å².